The number of nitrogens with zero attached hydrogens (tertiary/aromatic N) is 1. The zero-order chi connectivity index (χ0) is 14.5. The molecule has 0 aromatic heterocycles. The fourth-order valence-corrected chi connectivity index (χ4v) is 2.37. The molecule has 0 atom stereocenters. The van der Waals surface area contributed by atoms with Crippen LogP contribution in [-0.4, -0.2) is 45.2 Å². The molecule has 5 nitrogen and oxygen atoms in total. The van der Waals surface area contributed by atoms with E-state index in [-0.39, 0.29) is 0 Å². The molecule has 20 heavy (non-hydrogen) atoms. The van der Waals surface area contributed by atoms with Crippen LogP contribution in [0.5, 0.6) is 0 Å². The number of Topliss-reactive ketones (excluding diaryl/α,β-unsaturated/α-hetero) is 1. The second-order valence-corrected chi connectivity index (χ2v) is 4.79. The van der Waals surface area contributed by atoms with E-state index in [1.807, 2.05) is 0 Å². The van der Waals surface area contributed by atoms with Gasteiger partial charge in [0.15, 0.2) is 0 Å². The minimum atomic E-state index is -0.523. The topological polar surface area (TPSA) is 55.8 Å². The second-order valence-electron chi connectivity index (χ2n) is 4.38. The molecule has 1 aliphatic heterocycles. The molecule has 6 heteroatoms. The first-order chi connectivity index (χ1) is 9.66. The van der Waals surface area contributed by atoms with Gasteiger partial charge in [-0.05, 0) is 18.6 Å². The van der Waals surface area contributed by atoms with Crippen molar-refractivity contribution < 1.29 is 19.1 Å². The summed E-state index contributed by atoms with van der Waals surface area (Å²) in [6.07, 6.45) is 0.632. The molecule has 0 spiro atoms. The van der Waals surface area contributed by atoms with Crippen molar-refractivity contribution in [2.45, 2.75) is 6.42 Å². The summed E-state index contributed by atoms with van der Waals surface area (Å²) in [5, 5.41) is 0.419. The van der Waals surface area contributed by atoms with Gasteiger partial charge in [-0.1, -0.05) is 17.7 Å². The zero-order valence-corrected chi connectivity index (χ0v) is 12.0. The van der Waals surface area contributed by atoms with Crippen LogP contribution in [0.3, 0.4) is 0 Å². The molecule has 0 unspecified atom stereocenters. The van der Waals surface area contributed by atoms with Crippen molar-refractivity contribution in [2.75, 3.05) is 38.4 Å². The third-order valence-corrected chi connectivity index (χ3v) is 3.35. The Balaban J connectivity index is 1.96. The van der Waals surface area contributed by atoms with E-state index in [4.69, 9.17) is 21.1 Å². The molecule has 108 valence electrons. The lowest BCUT2D eigenvalue weighted by atomic mass is 10.1. The minimum Gasteiger partial charge on any atom is -0.382 e. The molecular formula is C14H16ClNO4. The Labute approximate surface area is 122 Å². The Bertz CT molecular complexity index is 518. The summed E-state index contributed by atoms with van der Waals surface area (Å²) in [7, 11) is 1.61. The van der Waals surface area contributed by atoms with E-state index in [2.05, 4.69) is 0 Å². The molecule has 0 fully saturated rings. The first kappa shape index (κ1) is 15.0. The smallest absolute Gasteiger partial charge is 0.299 e. The third-order valence-electron chi connectivity index (χ3n) is 3.04. The van der Waals surface area contributed by atoms with E-state index < -0.39 is 11.7 Å². The number of hydrogen-bond donors (Lipinski definition) is 0. The number of carbonyl (C=O) groups is 2. The Morgan fingerprint density at radius 3 is 2.75 bits per heavy atom. The average molecular weight is 298 g/mol. The number of ketones is 1. The standard InChI is InChI=1S/C14H16ClNO4/c1-19-8-9-20-7-3-6-16-12-10(13(17)14(16)18)4-2-5-11(12)15/h2,4-5H,3,6-9H2,1H3. The van der Waals surface area contributed by atoms with Crippen LogP contribution < -0.4 is 4.90 Å². The lowest BCUT2D eigenvalue weighted by molar-refractivity contribution is -0.114. The Kier molecular flexibility index (Phi) is 5.11. The first-order valence-corrected chi connectivity index (χ1v) is 6.76. The monoisotopic (exact) mass is 297 g/mol. The van der Waals surface area contributed by atoms with E-state index in [0.717, 1.165) is 0 Å². The highest BCUT2D eigenvalue weighted by atomic mass is 35.5. The van der Waals surface area contributed by atoms with Crippen molar-refractivity contribution in [3.05, 3.63) is 28.8 Å². The van der Waals surface area contributed by atoms with E-state index in [1.54, 1.807) is 25.3 Å². The van der Waals surface area contributed by atoms with Crippen LogP contribution in [0, 0.1) is 0 Å². The number of hydrogen-bond acceptors (Lipinski definition) is 4. The highest BCUT2D eigenvalue weighted by molar-refractivity contribution is 6.54. The second kappa shape index (κ2) is 6.83. The van der Waals surface area contributed by atoms with Crippen LogP contribution in [0.1, 0.15) is 16.8 Å². The van der Waals surface area contributed by atoms with Gasteiger partial charge in [-0.3, -0.25) is 9.59 Å². The molecule has 1 aliphatic rings. The lowest BCUT2D eigenvalue weighted by Crippen LogP contribution is -2.31. The van der Waals surface area contributed by atoms with Crippen LogP contribution in [0.25, 0.3) is 0 Å². The van der Waals surface area contributed by atoms with Crippen molar-refractivity contribution in [3.63, 3.8) is 0 Å². The molecular weight excluding hydrogens is 282 g/mol. The third kappa shape index (κ3) is 3.00. The van der Waals surface area contributed by atoms with Crippen LogP contribution in [0.4, 0.5) is 5.69 Å². The molecule has 0 radical (unpaired) electrons. The molecule has 2 rings (SSSR count). The van der Waals surface area contributed by atoms with Gasteiger partial charge in [-0.25, -0.2) is 0 Å². The first-order valence-electron chi connectivity index (χ1n) is 6.38. The number of carbonyl (C=O) groups excluding carboxylic acids is 2. The van der Waals surface area contributed by atoms with E-state index in [0.29, 0.717) is 49.1 Å². The van der Waals surface area contributed by atoms with Crippen LogP contribution in [-0.2, 0) is 14.3 Å². The van der Waals surface area contributed by atoms with Crippen LogP contribution >= 0.6 is 11.6 Å². The van der Waals surface area contributed by atoms with Crippen LogP contribution in [0.15, 0.2) is 18.2 Å². The number of fused-ring (bicyclic) bond motifs is 1. The maximum Gasteiger partial charge on any atom is 0.299 e. The normalized spacial score (nSPS) is 14.0. The summed E-state index contributed by atoms with van der Waals surface area (Å²) in [6.45, 7) is 1.96. The van der Waals surface area contributed by atoms with Crippen molar-refractivity contribution in [2.24, 2.45) is 0 Å². The van der Waals surface area contributed by atoms with Crippen molar-refractivity contribution >= 4 is 29.0 Å². The van der Waals surface area contributed by atoms with Gasteiger partial charge in [0.1, 0.15) is 0 Å². The van der Waals surface area contributed by atoms with E-state index in [1.165, 1.54) is 4.90 Å². The van der Waals surface area contributed by atoms with Crippen molar-refractivity contribution in [1.29, 1.82) is 0 Å². The molecule has 1 heterocycles. The molecule has 0 saturated heterocycles. The van der Waals surface area contributed by atoms with Crippen molar-refractivity contribution in [1.82, 2.24) is 0 Å². The molecule has 0 bridgehead atoms. The highest BCUT2D eigenvalue weighted by Crippen LogP contribution is 2.35. The number of methoxy groups -OCH3 is 1. The number of anilines is 1. The maximum atomic E-state index is 11.9. The lowest BCUT2D eigenvalue weighted by Gasteiger charge is -2.17. The number of amides is 1. The summed E-state index contributed by atoms with van der Waals surface area (Å²) in [4.78, 5) is 25.2. The summed E-state index contributed by atoms with van der Waals surface area (Å²) in [5.41, 5.74) is 0.892. The van der Waals surface area contributed by atoms with Crippen LogP contribution in [0.2, 0.25) is 5.02 Å². The Hall–Kier alpha value is -1.43. The number of para-hydroxylation sites is 1. The predicted molar refractivity (Wildman–Crippen MR) is 75.4 cm³/mol. The maximum absolute atomic E-state index is 11.9. The summed E-state index contributed by atoms with van der Waals surface area (Å²) in [5.74, 6) is -1.02. The number of ether oxygens (including phenoxy) is 2. The zero-order valence-electron chi connectivity index (χ0n) is 11.2. The summed E-state index contributed by atoms with van der Waals surface area (Å²) < 4.78 is 10.2. The fourth-order valence-electron chi connectivity index (χ4n) is 2.09. The molecule has 1 aromatic carbocycles. The average Bonchev–Trinajstić information content (AvgIpc) is 2.69. The highest BCUT2D eigenvalue weighted by Gasteiger charge is 2.36. The Morgan fingerprint density at radius 2 is 2.00 bits per heavy atom. The molecule has 1 aromatic rings. The van der Waals surface area contributed by atoms with E-state index in [9.17, 15) is 9.59 Å². The van der Waals surface area contributed by atoms with Crippen molar-refractivity contribution in [3.8, 4) is 0 Å². The molecule has 0 saturated carbocycles. The predicted octanol–water partition coefficient (Wildman–Crippen LogP) is 1.92. The van der Waals surface area contributed by atoms with Gasteiger partial charge in [0.05, 0.1) is 29.5 Å². The number of rotatable bonds is 7. The SMILES string of the molecule is COCCOCCCN1C(=O)C(=O)c2cccc(Cl)c21. The largest absolute Gasteiger partial charge is 0.382 e. The molecule has 0 N–H and O–H groups in total. The van der Waals surface area contributed by atoms with Gasteiger partial charge >= 0.3 is 0 Å². The van der Waals surface area contributed by atoms with Gasteiger partial charge in [0.2, 0.25) is 0 Å². The fraction of sp³-hybridized carbons (Fsp3) is 0.429. The van der Waals surface area contributed by atoms with Gasteiger partial charge < -0.3 is 14.4 Å². The number of benzene rings is 1. The van der Waals surface area contributed by atoms with Gasteiger partial charge in [-0.2, -0.15) is 0 Å². The summed E-state index contributed by atoms with van der Waals surface area (Å²) >= 11 is 6.08. The van der Waals surface area contributed by atoms with Gasteiger partial charge in [-0.15, -0.1) is 0 Å². The molecule has 0 aliphatic carbocycles. The van der Waals surface area contributed by atoms with Gasteiger partial charge in [0, 0.05) is 20.3 Å². The molecule has 1 amide bonds. The van der Waals surface area contributed by atoms with E-state index >= 15 is 0 Å². The minimum absolute atomic E-state index is 0.378. The number of halogens is 1. The Morgan fingerprint density at radius 1 is 1.20 bits per heavy atom. The quantitative estimate of drug-likeness (QED) is 0.570. The summed E-state index contributed by atoms with van der Waals surface area (Å²) in [6, 6.07) is 4.97. The van der Waals surface area contributed by atoms with Gasteiger partial charge in [0.25, 0.3) is 11.7 Å².